The SMILES string of the molecule is C#CCNCC(C)N(C)Cc1ccccn1. The number of likely N-dealkylation sites (N-methyl/N-ethyl adjacent to an activating group) is 1. The van der Waals surface area contributed by atoms with Gasteiger partial charge in [-0.15, -0.1) is 6.42 Å². The highest BCUT2D eigenvalue weighted by atomic mass is 15.1. The van der Waals surface area contributed by atoms with Crippen molar-refractivity contribution in [3.05, 3.63) is 30.1 Å². The van der Waals surface area contributed by atoms with Crippen molar-refractivity contribution in [1.29, 1.82) is 0 Å². The minimum atomic E-state index is 0.440. The van der Waals surface area contributed by atoms with Crippen molar-refractivity contribution >= 4 is 0 Å². The topological polar surface area (TPSA) is 28.2 Å². The highest BCUT2D eigenvalue weighted by molar-refractivity contribution is 5.03. The van der Waals surface area contributed by atoms with Gasteiger partial charge in [0.1, 0.15) is 0 Å². The van der Waals surface area contributed by atoms with Crippen LogP contribution in [0.5, 0.6) is 0 Å². The summed E-state index contributed by atoms with van der Waals surface area (Å²) in [5.74, 6) is 2.57. The lowest BCUT2D eigenvalue weighted by Crippen LogP contribution is -2.37. The third kappa shape index (κ3) is 4.43. The van der Waals surface area contributed by atoms with Gasteiger partial charge in [0.05, 0.1) is 12.2 Å². The molecule has 0 aromatic carbocycles. The second kappa shape index (κ2) is 7.00. The molecule has 0 spiro atoms. The third-order valence-electron chi connectivity index (χ3n) is 2.56. The van der Waals surface area contributed by atoms with Gasteiger partial charge in [-0.1, -0.05) is 12.0 Å². The molecule has 0 saturated carbocycles. The molecule has 3 nitrogen and oxygen atoms in total. The zero-order valence-corrected chi connectivity index (χ0v) is 9.98. The largest absolute Gasteiger partial charge is 0.305 e. The fourth-order valence-electron chi connectivity index (χ4n) is 1.41. The van der Waals surface area contributed by atoms with Crippen LogP contribution in [-0.2, 0) is 6.54 Å². The lowest BCUT2D eigenvalue weighted by Gasteiger charge is -2.24. The number of aromatic nitrogens is 1. The minimum Gasteiger partial charge on any atom is -0.305 e. The molecule has 0 amide bonds. The van der Waals surface area contributed by atoms with E-state index in [1.54, 1.807) is 0 Å². The molecule has 1 atom stereocenters. The first-order valence-electron chi connectivity index (χ1n) is 5.48. The second-order valence-electron chi connectivity index (χ2n) is 3.92. The van der Waals surface area contributed by atoms with Crippen LogP contribution in [0.25, 0.3) is 0 Å². The molecule has 0 radical (unpaired) electrons. The summed E-state index contributed by atoms with van der Waals surface area (Å²) in [7, 11) is 2.09. The number of hydrogen-bond acceptors (Lipinski definition) is 3. The van der Waals surface area contributed by atoms with Crippen LogP contribution >= 0.6 is 0 Å². The maximum Gasteiger partial charge on any atom is 0.0574 e. The van der Waals surface area contributed by atoms with Crippen molar-refractivity contribution in [1.82, 2.24) is 15.2 Å². The predicted molar refractivity (Wildman–Crippen MR) is 66.9 cm³/mol. The number of hydrogen-bond donors (Lipinski definition) is 1. The van der Waals surface area contributed by atoms with Crippen molar-refractivity contribution in [2.24, 2.45) is 0 Å². The summed E-state index contributed by atoms with van der Waals surface area (Å²) in [5.41, 5.74) is 1.09. The molecule has 16 heavy (non-hydrogen) atoms. The molecule has 3 heteroatoms. The van der Waals surface area contributed by atoms with E-state index in [-0.39, 0.29) is 0 Å². The molecule has 1 aromatic heterocycles. The molecule has 1 aromatic rings. The Morgan fingerprint density at radius 1 is 1.56 bits per heavy atom. The molecule has 86 valence electrons. The summed E-state index contributed by atoms with van der Waals surface area (Å²) in [6, 6.07) is 6.42. The van der Waals surface area contributed by atoms with Crippen LogP contribution in [0.3, 0.4) is 0 Å². The summed E-state index contributed by atoms with van der Waals surface area (Å²) in [6.07, 6.45) is 7.00. The quantitative estimate of drug-likeness (QED) is 0.572. The van der Waals surface area contributed by atoms with E-state index in [9.17, 15) is 0 Å². The molecule has 0 aliphatic carbocycles. The predicted octanol–water partition coefficient (Wildman–Crippen LogP) is 1.12. The molecule has 0 bridgehead atoms. The Morgan fingerprint density at radius 2 is 2.38 bits per heavy atom. The molecular weight excluding hydrogens is 198 g/mol. The first-order chi connectivity index (χ1) is 7.74. The highest BCUT2D eigenvalue weighted by Crippen LogP contribution is 2.02. The second-order valence-corrected chi connectivity index (χ2v) is 3.92. The normalized spacial score (nSPS) is 12.4. The summed E-state index contributed by atoms with van der Waals surface area (Å²) in [5, 5.41) is 3.20. The van der Waals surface area contributed by atoms with Gasteiger partial charge < -0.3 is 5.32 Å². The van der Waals surface area contributed by atoms with Crippen LogP contribution in [0.1, 0.15) is 12.6 Å². The van der Waals surface area contributed by atoms with Gasteiger partial charge in [-0.25, -0.2) is 0 Å². The van der Waals surface area contributed by atoms with Gasteiger partial charge in [0.2, 0.25) is 0 Å². The Balaban J connectivity index is 2.34. The molecular formula is C13H19N3. The van der Waals surface area contributed by atoms with Gasteiger partial charge in [0.15, 0.2) is 0 Å². The van der Waals surface area contributed by atoms with Gasteiger partial charge in [-0.05, 0) is 26.1 Å². The van der Waals surface area contributed by atoms with Crippen molar-refractivity contribution < 1.29 is 0 Å². The van der Waals surface area contributed by atoms with E-state index in [1.165, 1.54) is 0 Å². The molecule has 0 aliphatic heterocycles. The number of terminal acetylenes is 1. The van der Waals surface area contributed by atoms with Crippen LogP contribution in [0, 0.1) is 12.3 Å². The summed E-state index contributed by atoms with van der Waals surface area (Å²) in [6.45, 7) is 4.56. The first-order valence-corrected chi connectivity index (χ1v) is 5.48. The van der Waals surface area contributed by atoms with Gasteiger partial charge in [0, 0.05) is 25.3 Å². The lowest BCUT2D eigenvalue weighted by atomic mass is 10.2. The van der Waals surface area contributed by atoms with Gasteiger partial charge in [-0.3, -0.25) is 9.88 Å². The van der Waals surface area contributed by atoms with E-state index < -0.39 is 0 Å². The maximum absolute atomic E-state index is 5.18. The average Bonchev–Trinajstić information content (AvgIpc) is 2.30. The first kappa shape index (κ1) is 12.7. The molecule has 0 fully saturated rings. The molecule has 0 saturated heterocycles. The summed E-state index contributed by atoms with van der Waals surface area (Å²) in [4.78, 5) is 6.56. The van der Waals surface area contributed by atoms with Crippen molar-refractivity contribution in [2.75, 3.05) is 20.1 Å². The fraction of sp³-hybridized carbons (Fsp3) is 0.462. The number of nitrogens with one attached hydrogen (secondary N) is 1. The van der Waals surface area contributed by atoms with Crippen molar-refractivity contribution in [3.63, 3.8) is 0 Å². The monoisotopic (exact) mass is 217 g/mol. The van der Waals surface area contributed by atoms with E-state index >= 15 is 0 Å². The molecule has 1 heterocycles. The molecule has 1 unspecified atom stereocenters. The standard InChI is InChI=1S/C13H19N3/c1-4-8-14-10-12(2)16(3)11-13-7-5-6-9-15-13/h1,5-7,9,12,14H,8,10-11H2,2-3H3. The zero-order valence-electron chi connectivity index (χ0n) is 9.98. The average molecular weight is 217 g/mol. The number of pyridine rings is 1. The zero-order chi connectivity index (χ0) is 11.8. The maximum atomic E-state index is 5.18. The Hall–Kier alpha value is -1.37. The Labute approximate surface area is 97.9 Å². The molecule has 1 N–H and O–H groups in total. The fourth-order valence-corrected chi connectivity index (χ4v) is 1.41. The van der Waals surface area contributed by atoms with E-state index in [0.29, 0.717) is 12.6 Å². The van der Waals surface area contributed by atoms with E-state index in [1.807, 2.05) is 24.4 Å². The molecule has 0 aliphatic rings. The van der Waals surface area contributed by atoms with Gasteiger partial charge in [-0.2, -0.15) is 0 Å². The Kier molecular flexibility index (Phi) is 5.55. The van der Waals surface area contributed by atoms with Crippen molar-refractivity contribution in [3.8, 4) is 12.3 Å². The van der Waals surface area contributed by atoms with Gasteiger partial charge in [0.25, 0.3) is 0 Å². The summed E-state index contributed by atoms with van der Waals surface area (Å²) >= 11 is 0. The van der Waals surface area contributed by atoms with Crippen molar-refractivity contribution in [2.45, 2.75) is 19.5 Å². The van der Waals surface area contributed by atoms with Gasteiger partial charge >= 0.3 is 0 Å². The Bertz CT molecular complexity index is 329. The van der Waals surface area contributed by atoms with Crippen LogP contribution in [0.4, 0.5) is 0 Å². The van der Waals surface area contributed by atoms with E-state index in [0.717, 1.165) is 18.8 Å². The Morgan fingerprint density at radius 3 is 3.00 bits per heavy atom. The van der Waals surface area contributed by atoms with Crippen LogP contribution in [0.2, 0.25) is 0 Å². The van der Waals surface area contributed by atoms with Crippen LogP contribution in [-0.4, -0.2) is 36.1 Å². The lowest BCUT2D eigenvalue weighted by molar-refractivity contribution is 0.242. The number of rotatable bonds is 6. The molecule has 1 rings (SSSR count). The minimum absolute atomic E-state index is 0.440. The highest BCUT2D eigenvalue weighted by Gasteiger charge is 2.08. The van der Waals surface area contributed by atoms with Crippen LogP contribution < -0.4 is 5.32 Å². The number of nitrogens with zero attached hydrogens (tertiary/aromatic N) is 2. The smallest absolute Gasteiger partial charge is 0.0574 e. The van der Waals surface area contributed by atoms with Crippen LogP contribution in [0.15, 0.2) is 24.4 Å². The van der Waals surface area contributed by atoms with E-state index in [4.69, 9.17) is 6.42 Å². The third-order valence-corrected chi connectivity index (χ3v) is 2.56. The van der Waals surface area contributed by atoms with E-state index in [2.05, 4.69) is 35.1 Å². The summed E-state index contributed by atoms with van der Waals surface area (Å²) < 4.78 is 0.